The van der Waals surface area contributed by atoms with E-state index >= 15 is 0 Å². The van der Waals surface area contributed by atoms with Crippen molar-refractivity contribution in [3.05, 3.63) is 35.6 Å². The SMILES string of the molecule is CNC(=O)NC(=O)[C@@H](C)OC(=O)CNC(=O)c1cccc(F)c1. The lowest BCUT2D eigenvalue weighted by Gasteiger charge is -2.13. The Hall–Kier alpha value is -2.97. The number of imide groups is 1. The molecule has 0 bridgehead atoms. The predicted octanol–water partition coefficient (Wildman–Crippen LogP) is -0.0572. The van der Waals surface area contributed by atoms with Gasteiger partial charge in [-0.1, -0.05) is 6.07 Å². The second-order valence-electron chi connectivity index (χ2n) is 4.39. The van der Waals surface area contributed by atoms with E-state index in [9.17, 15) is 23.6 Å². The summed E-state index contributed by atoms with van der Waals surface area (Å²) in [5, 5.41) is 6.34. The zero-order valence-corrected chi connectivity index (χ0v) is 12.5. The van der Waals surface area contributed by atoms with Crippen molar-refractivity contribution in [3.8, 4) is 0 Å². The van der Waals surface area contributed by atoms with E-state index in [1.54, 1.807) is 0 Å². The van der Waals surface area contributed by atoms with E-state index in [-0.39, 0.29) is 5.56 Å². The fourth-order valence-electron chi connectivity index (χ4n) is 1.45. The molecule has 0 fully saturated rings. The van der Waals surface area contributed by atoms with Crippen LogP contribution in [0.2, 0.25) is 0 Å². The number of rotatable bonds is 5. The molecule has 0 spiro atoms. The monoisotopic (exact) mass is 325 g/mol. The number of urea groups is 1. The van der Waals surface area contributed by atoms with Gasteiger partial charge in [-0.05, 0) is 25.1 Å². The smallest absolute Gasteiger partial charge is 0.326 e. The molecule has 1 aromatic carbocycles. The largest absolute Gasteiger partial charge is 0.451 e. The summed E-state index contributed by atoms with van der Waals surface area (Å²) in [5.41, 5.74) is 0.0446. The first-order valence-corrected chi connectivity index (χ1v) is 6.59. The molecule has 0 unspecified atom stereocenters. The van der Waals surface area contributed by atoms with E-state index in [1.165, 1.54) is 32.2 Å². The van der Waals surface area contributed by atoms with E-state index in [0.29, 0.717) is 0 Å². The van der Waals surface area contributed by atoms with Gasteiger partial charge in [-0.2, -0.15) is 0 Å². The van der Waals surface area contributed by atoms with Crippen LogP contribution in [0.15, 0.2) is 24.3 Å². The summed E-state index contributed by atoms with van der Waals surface area (Å²) in [6, 6.07) is 4.19. The first-order valence-electron chi connectivity index (χ1n) is 6.59. The Morgan fingerprint density at radius 1 is 1.26 bits per heavy atom. The Labute approximate surface area is 131 Å². The maximum atomic E-state index is 13.0. The molecule has 4 amide bonds. The van der Waals surface area contributed by atoms with Gasteiger partial charge in [0.15, 0.2) is 6.10 Å². The quantitative estimate of drug-likeness (QED) is 0.657. The Kier molecular flexibility index (Phi) is 6.66. The van der Waals surface area contributed by atoms with Crippen LogP contribution in [0.3, 0.4) is 0 Å². The molecule has 8 nitrogen and oxygen atoms in total. The van der Waals surface area contributed by atoms with Crippen LogP contribution in [0.25, 0.3) is 0 Å². The lowest BCUT2D eigenvalue weighted by Crippen LogP contribution is -2.44. The van der Waals surface area contributed by atoms with Crippen molar-refractivity contribution in [2.75, 3.05) is 13.6 Å². The highest BCUT2D eigenvalue weighted by Crippen LogP contribution is 2.03. The predicted molar refractivity (Wildman–Crippen MR) is 76.9 cm³/mol. The number of ether oxygens (including phenoxy) is 1. The topological polar surface area (TPSA) is 114 Å². The summed E-state index contributed by atoms with van der Waals surface area (Å²) in [7, 11) is 1.32. The zero-order chi connectivity index (χ0) is 17.4. The molecule has 0 radical (unpaired) electrons. The molecule has 0 aromatic heterocycles. The Bertz CT molecular complexity index is 620. The highest BCUT2D eigenvalue weighted by atomic mass is 19.1. The van der Waals surface area contributed by atoms with Crippen molar-refractivity contribution in [3.63, 3.8) is 0 Å². The van der Waals surface area contributed by atoms with Crippen LogP contribution in [0.5, 0.6) is 0 Å². The van der Waals surface area contributed by atoms with Crippen molar-refractivity contribution in [1.82, 2.24) is 16.0 Å². The van der Waals surface area contributed by atoms with Crippen LogP contribution in [-0.4, -0.2) is 43.5 Å². The Morgan fingerprint density at radius 3 is 2.57 bits per heavy atom. The van der Waals surface area contributed by atoms with Gasteiger partial charge in [0.1, 0.15) is 12.4 Å². The van der Waals surface area contributed by atoms with Gasteiger partial charge in [0.25, 0.3) is 11.8 Å². The summed E-state index contributed by atoms with van der Waals surface area (Å²) >= 11 is 0. The van der Waals surface area contributed by atoms with E-state index in [1.807, 2.05) is 5.32 Å². The molecule has 0 aliphatic heterocycles. The van der Waals surface area contributed by atoms with Gasteiger partial charge in [0, 0.05) is 12.6 Å². The molecule has 23 heavy (non-hydrogen) atoms. The number of hydrogen-bond donors (Lipinski definition) is 3. The fraction of sp³-hybridized carbons (Fsp3) is 0.286. The molecule has 124 valence electrons. The maximum Gasteiger partial charge on any atom is 0.326 e. The van der Waals surface area contributed by atoms with Crippen LogP contribution in [0.4, 0.5) is 9.18 Å². The summed E-state index contributed by atoms with van der Waals surface area (Å²) in [4.78, 5) is 45.6. The van der Waals surface area contributed by atoms with E-state index in [0.717, 1.165) is 6.07 Å². The zero-order valence-electron chi connectivity index (χ0n) is 12.5. The lowest BCUT2D eigenvalue weighted by molar-refractivity contribution is -0.153. The lowest BCUT2D eigenvalue weighted by atomic mass is 10.2. The van der Waals surface area contributed by atoms with E-state index in [4.69, 9.17) is 4.74 Å². The molecule has 1 atom stereocenters. The van der Waals surface area contributed by atoms with Gasteiger partial charge in [0.05, 0.1) is 0 Å². The number of carbonyl (C=O) groups is 4. The summed E-state index contributed by atoms with van der Waals surface area (Å²) in [6.07, 6.45) is -1.22. The number of carbonyl (C=O) groups excluding carboxylic acids is 4. The molecular formula is C14H16FN3O5. The average Bonchev–Trinajstić information content (AvgIpc) is 2.52. The first kappa shape index (κ1) is 18.1. The summed E-state index contributed by atoms with van der Waals surface area (Å²) < 4.78 is 17.7. The van der Waals surface area contributed by atoms with Gasteiger partial charge in [-0.15, -0.1) is 0 Å². The van der Waals surface area contributed by atoms with Crippen molar-refractivity contribution < 1.29 is 28.3 Å². The van der Waals surface area contributed by atoms with Gasteiger partial charge in [-0.25, -0.2) is 9.18 Å². The molecule has 0 saturated carbocycles. The third-order valence-electron chi connectivity index (χ3n) is 2.62. The minimum atomic E-state index is -1.22. The molecule has 1 rings (SSSR count). The van der Waals surface area contributed by atoms with Gasteiger partial charge in [0.2, 0.25) is 0 Å². The molecule has 3 N–H and O–H groups in total. The molecule has 0 heterocycles. The number of amides is 4. The molecule has 0 saturated heterocycles. The fourth-order valence-corrected chi connectivity index (χ4v) is 1.45. The molecule has 0 aliphatic rings. The Balaban J connectivity index is 2.43. The summed E-state index contributed by atoms with van der Waals surface area (Å²) in [6.45, 7) is 0.761. The minimum Gasteiger partial charge on any atom is -0.451 e. The third-order valence-corrected chi connectivity index (χ3v) is 2.62. The van der Waals surface area contributed by atoms with Crippen LogP contribution in [0, 0.1) is 5.82 Å². The molecule has 9 heteroatoms. The van der Waals surface area contributed by atoms with Crippen LogP contribution in [-0.2, 0) is 14.3 Å². The number of esters is 1. The normalized spacial score (nSPS) is 11.1. The second kappa shape index (κ2) is 8.47. The molecule has 0 aliphatic carbocycles. The third kappa shape index (κ3) is 6.12. The second-order valence-corrected chi connectivity index (χ2v) is 4.39. The molecule has 1 aromatic rings. The highest BCUT2D eigenvalue weighted by molar-refractivity contribution is 5.98. The maximum absolute atomic E-state index is 13.0. The van der Waals surface area contributed by atoms with Crippen LogP contribution in [0.1, 0.15) is 17.3 Å². The van der Waals surface area contributed by atoms with Crippen molar-refractivity contribution >= 4 is 23.8 Å². The standard InChI is InChI=1S/C14H16FN3O5/c1-8(12(20)18-14(22)16-2)23-11(19)7-17-13(21)9-4-3-5-10(15)6-9/h3-6,8H,7H2,1-2H3,(H,17,21)(H2,16,18,20,22)/t8-/m1/s1. The van der Waals surface area contributed by atoms with Crippen LogP contribution >= 0.6 is 0 Å². The highest BCUT2D eigenvalue weighted by Gasteiger charge is 2.19. The average molecular weight is 325 g/mol. The first-order chi connectivity index (χ1) is 10.8. The van der Waals surface area contributed by atoms with Crippen molar-refractivity contribution in [2.24, 2.45) is 0 Å². The summed E-state index contributed by atoms with van der Waals surface area (Å²) in [5.74, 6) is -2.94. The number of hydrogen-bond acceptors (Lipinski definition) is 5. The van der Waals surface area contributed by atoms with Crippen molar-refractivity contribution in [2.45, 2.75) is 13.0 Å². The number of nitrogens with one attached hydrogen (secondary N) is 3. The number of halogens is 1. The van der Waals surface area contributed by atoms with Gasteiger partial charge < -0.3 is 15.4 Å². The van der Waals surface area contributed by atoms with Gasteiger partial charge in [-0.3, -0.25) is 19.7 Å². The van der Waals surface area contributed by atoms with E-state index in [2.05, 4.69) is 10.6 Å². The molecular weight excluding hydrogens is 309 g/mol. The number of benzene rings is 1. The Morgan fingerprint density at radius 2 is 1.96 bits per heavy atom. The minimum absolute atomic E-state index is 0.0446. The van der Waals surface area contributed by atoms with Crippen LogP contribution < -0.4 is 16.0 Å². The van der Waals surface area contributed by atoms with E-state index < -0.39 is 42.3 Å². The van der Waals surface area contributed by atoms with Crippen molar-refractivity contribution in [1.29, 1.82) is 0 Å². The van der Waals surface area contributed by atoms with Gasteiger partial charge >= 0.3 is 12.0 Å².